The number of oxazole rings is 1. The van der Waals surface area contributed by atoms with Crippen LogP contribution in [0.3, 0.4) is 0 Å². The minimum Gasteiger partial charge on any atom is -0.448 e. The molecule has 0 spiro atoms. The molecule has 1 aromatic heterocycles. The van der Waals surface area contributed by atoms with Crippen LogP contribution in [0.1, 0.15) is 32.2 Å². The average Bonchev–Trinajstić information content (AvgIpc) is 2.51. The van der Waals surface area contributed by atoms with Gasteiger partial charge in [-0.25, -0.2) is 4.98 Å². The van der Waals surface area contributed by atoms with Gasteiger partial charge in [-0.1, -0.05) is 20.8 Å². The van der Waals surface area contributed by atoms with Gasteiger partial charge in [0.05, 0.1) is 5.69 Å². The zero-order chi connectivity index (χ0) is 9.68. The largest absolute Gasteiger partial charge is 0.448 e. The Balaban J connectivity index is 2.36. The Kier molecular flexibility index (Phi) is 3.96. The van der Waals surface area contributed by atoms with Crippen LogP contribution in [0.15, 0.2) is 10.8 Å². The van der Waals surface area contributed by atoms with E-state index in [2.05, 4.69) is 31.1 Å². The Morgan fingerprint density at radius 2 is 2.31 bits per heavy atom. The summed E-state index contributed by atoms with van der Waals surface area (Å²) in [7, 11) is 0. The topological polar surface area (TPSA) is 38.1 Å². The van der Waals surface area contributed by atoms with Crippen molar-refractivity contribution in [1.82, 2.24) is 10.3 Å². The van der Waals surface area contributed by atoms with E-state index in [1.54, 1.807) is 0 Å². The van der Waals surface area contributed by atoms with E-state index in [9.17, 15) is 0 Å². The number of rotatable bonds is 5. The highest BCUT2D eigenvalue weighted by atomic mass is 16.3. The summed E-state index contributed by atoms with van der Waals surface area (Å²) in [5.74, 6) is 1.67. The fraction of sp³-hybridized carbons (Fsp3) is 0.700. The molecule has 0 saturated heterocycles. The van der Waals surface area contributed by atoms with Gasteiger partial charge >= 0.3 is 0 Å². The van der Waals surface area contributed by atoms with Crippen molar-refractivity contribution < 1.29 is 4.42 Å². The maximum atomic E-state index is 5.22. The number of aryl methyl sites for hydroxylation is 1. The standard InChI is InChI=1S/C10H18N2O/c1-4-10-9(12-7-13-10)6-11-5-8(2)3/h7-8,11H,4-6H2,1-3H3. The van der Waals surface area contributed by atoms with Crippen molar-refractivity contribution in [2.24, 2.45) is 5.92 Å². The first-order valence-electron chi connectivity index (χ1n) is 4.86. The lowest BCUT2D eigenvalue weighted by Gasteiger charge is -2.05. The van der Waals surface area contributed by atoms with E-state index in [1.165, 1.54) is 6.39 Å². The number of hydrogen-bond acceptors (Lipinski definition) is 3. The minimum absolute atomic E-state index is 0.678. The van der Waals surface area contributed by atoms with Crippen molar-refractivity contribution in [3.63, 3.8) is 0 Å². The number of hydrogen-bond donors (Lipinski definition) is 1. The third kappa shape index (κ3) is 3.19. The van der Waals surface area contributed by atoms with Crippen LogP contribution in [-0.2, 0) is 13.0 Å². The maximum absolute atomic E-state index is 5.22. The number of nitrogens with zero attached hydrogens (tertiary/aromatic N) is 1. The lowest BCUT2D eigenvalue weighted by atomic mass is 10.2. The van der Waals surface area contributed by atoms with Gasteiger partial charge < -0.3 is 9.73 Å². The summed E-state index contributed by atoms with van der Waals surface area (Å²) >= 11 is 0. The summed E-state index contributed by atoms with van der Waals surface area (Å²) in [4.78, 5) is 4.15. The summed E-state index contributed by atoms with van der Waals surface area (Å²) in [5, 5.41) is 3.34. The van der Waals surface area contributed by atoms with Crippen LogP contribution in [0, 0.1) is 5.92 Å². The first-order valence-corrected chi connectivity index (χ1v) is 4.86. The van der Waals surface area contributed by atoms with Gasteiger partial charge in [0, 0.05) is 13.0 Å². The first kappa shape index (κ1) is 10.3. The van der Waals surface area contributed by atoms with E-state index in [0.717, 1.165) is 31.0 Å². The highest BCUT2D eigenvalue weighted by molar-refractivity contribution is 5.06. The van der Waals surface area contributed by atoms with Gasteiger partial charge in [-0.05, 0) is 12.5 Å². The molecule has 1 rings (SSSR count). The van der Waals surface area contributed by atoms with Gasteiger partial charge in [-0.15, -0.1) is 0 Å². The predicted octanol–water partition coefficient (Wildman–Crippen LogP) is 1.98. The third-order valence-electron chi connectivity index (χ3n) is 1.89. The molecule has 0 aliphatic carbocycles. The van der Waals surface area contributed by atoms with Gasteiger partial charge in [0.2, 0.25) is 0 Å². The lowest BCUT2D eigenvalue weighted by Crippen LogP contribution is -2.19. The molecule has 74 valence electrons. The molecule has 3 heteroatoms. The summed E-state index contributed by atoms with van der Waals surface area (Å²) < 4.78 is 5.22. The first-order chi connectivity index (χ1) is 6.24. The summed E-state index contributed by atoms with van der Waals surface area (Å²) in [5.41, 5.74) is 1.04. The zero-order valence-corrected chi connectivity index (χ0v) is 8.63. The average molecular weight is 182 g/mol. The van der Waals surface area contributed by atoms with Crippen LogP contribution in [0.5, 0.6) is 0 Å². The van der Waals surface area contributed by atoms with E-state index in [4.69, 9.17) is 4.42 Å². The van der Waals surface area contributed by atoms with Crippen LogP contribution >= 0.6 is 0 Å². The molecule has 0 amide bonds. The van der Waals surface area contributed by atoms with E-state index >= 15 is 0 Å². The van der Waals surface area contributed by atoms with E-state index in [0.29, 0.717) is 5.92 Å². The molecule has 0 unspecified atom stereocenters. The molecule has 3 nitrogen and oxygen atoms in total. The second kappa shape index (κ2) is 5.02. The van der Waals surface area contributed by atoms with Crippen molar-refractivity contribution in [3.8, 4) is 0 Å². The maximum Gasteiger partial charge on any atom is 0.181 e. The number of nitrogens with one attached hydrogen (secondary N) is 1. The van der Waals surface area contributed by atoms with Crippen molar-refractivity contribution in [3.05, 3.63) is 17.8 Å². The zero-order valence-electron chi connectivity index (χ0n) is 8.63. The Bertz CT molecular complexity index is 243. The highest BCUT2D eigenvalue weighted by Crippen LogP contribution is 2.06. The normalized spacial score (nSPS) is 11.1. The molecule has 13 heavy (non-hydrogen) atoms. The van der Waals surface area contributed by atoms with E-state index < -0.39 is 0 Å². The molecular formula is C10H18N2O. The molecule has 1 N–H and O–H groups in total. The molecule has 1 aromatic rings. The number of aromatic nitrogens is 1. The monoisotopic (exact) mass is 182 g/mol. The quantitative estimate of drug-likeness (QED) is 0.756. The molecule has 0 fully saturated rings. The van der Waals surface area contributed by atoms with E-state index in [1.807, 2.05) is 0 Å². The summed E-state index contributed by atoms with van der Waals surface area (Å²) in [6, 6.07) is 0. The molecule has 0 radical (unpaired) electrons. The second-order valence-electron chi connectivity index (χ2n) is 3.60. The van der Waals surface area contributed by atoms with Crippen LogP contribution < -0.4 is 5.32 Å². The molecule has 0 aromatic carbocycles. The van der Waals surface area contributed by atoms with Crippen LogP contribution in [0.4, 0.5) is 0 Å². The predicted molar refractivity (Wildman–Crippen MR) is 52.4 cm³/mol. The molecular weight excluding hydrogens is 164 g/mol. The van der Waals surface area contributed by atoms with Crippen LogP contribution in [0.25, 0.3) is 0 Å². The minimum atomic E-state index is 0.678. The van der Waals surface area contributed by atoms with E-state index in [-0.39, 0.29) is 0 Å². The molecule has 0 bridgehead atoms. The van der Waals surface area contributed by atoms with Gasteiger partial charge in [-0.3, -0.25) is 0 Å². The second-order valence-corrected chi connectivity index (χ2v) is 3.60. The van der Waals surface area contributed by atoms with Crippen molar-refractivity contribution in [2.75, 3.05) is 6.54 Å². The van der Waals surface area contributed by atoms with Gasteiger partial charge in [0.25, 0.3) is 0 Å². The van der Waals surface area contributed by atoms with Crippen molar-refractivity contribution in [2.45, 2.75) is 33.7 Å². The van der Waals surface area contributed by atoms with Crippen molar-refractivity contribution >= 4 is 0 Å². The lowest BCUT2D eigenvalue weighted by molar-refractivity contribution is 0.500. The van der Waals surface area contributed by atoms with Gasteiger partial charge in [-0.2, -0.15) is 0 Å². The SMILES string of the molecule is CCc1ocnc1CNCC(C)C. The van der Waals surface area contributed by atoms with Crippen LogP contribution in [-0.4, -0.2) is 11.5 Å². The summed E-state index contributed by atoms with van der Waals surface area (Å²) in [6.45, 7) is 8.30. The highest BCUT2D eigenvalue weighted by Gasteiger charge is 2.04. The molecule has 0 aliphatic rings. The Morgan fingerprint density at radius 1 is 1.54 bits per heavy atom. The molecule has 1 heterocycles. The molecule has 0 aliphatic heterocycles. The molecule has 0 atom stereocenters. The van der Waals surface area contributed by atoms with Gasteiger partial charge in [0.1, 0.15) is 5.76 Å². The Labute approximate surface area is 79.5 Å². The Morgan fingerprint density at radius 3 is 2.92 bits per heavy atom. The fourth-order valence-corrected chi connectivity index (χ4v) is 1.20. The van der Waals surface area contributed by atoms with Gasteiger partial charge in [0.15, 0.2) is 6.39 Å². The van der Waals surface area contributed by atoms with Crippen molar-refractivity contribution in [1.29, 1.82) is 0 Å². The smallest absolute Gasteiger partial charge is 0.181 e. The fourth-order valence-electron chi connectivity index (χ4n) is 1.20. The third-order valence-corrected chi connectivity index (χ3v) is 1.89. The Hall–Kier alpha value is -0.830. The molecule has 0 saturated carbocycles. The summed E-state index contributed by atoms with van der Waals surface area (Å²) in [6.07, 6.45) is 2.43. The van der Waals surface area contributed by atoms with Crippen LogP contribution in [0.2, 0.25) is 0 Å².